The number of nitrogens with one attached hydrogen (secondary N) is 1. The van der Waals surface area contributed by atoms with Gasteiger partial charge in [0, 0.05) is 0 Å². The number of aromatic nitrogens is 3. The number of aliphatic hydroxyl groups is 1. The summed E-state index contributed by atoms with van der Waals surface area (Å²) in [6.45, 7) is -0.553. The lowest BCUT2D eigenvalue weighted by Gasteiger charge is -2.07. The van der Waals surface area contributed by atoms with Gasteiger partial charge in [0.1, 0.15) is 12.4 Å². The third kappa shape index (κ3) is 3.62. The Bertz CT molecular complexity index is 295. The molecule has 0 saturated heterocycles. The fourth-order valence-electron chi connectivity index (χ4n) is 0.622. The molecule has 0 amide bonds. The van der Waals surface area contributed by atoms with Gasteiger partial charge >= 0.3 is 7.82 Å². The van der Waals surface area contributed by atoms with Gasteiger partial charge in [-0.15, -0.1) is 0 Å². The zero-order chi connectivity index (χ0) is 9.90. The van der Waals surface area contributed by atoms with Crippen molar-refractivity contribution >= 4 is 7.82 Å². The van der Waals surface area contributed by atoms with Gasteiger partial charge in [-0.05, 0) is 0 Å². The van der Waals surface area contributed by atoms with Crippen molar-refractivity contribution in [3.05, 3.63) is 12.2 Å². The summed E-state index contributed by atoms with van der Waals surface area (Å²) in [5.41, 5.74) is 0. The molecule has 1 unspecified atom stereocenters. The molecule has 0 bridgehead atoms. The molecule has 1 atom stereocenters. The summed E-state index contributed by atoms with van der Waals surface area (Å²) >= 11 is 0. The molecular formula is C4H8N3O5P. The van der Waals surface area contributed by atoms with Crippen molar-refractivity contribution in [3.8, 4) is 0 Å². The van der Waals surface area contributed by atoms with E-state index in [9.17, 15) is 4.57 Å². The number of phosphoric ester groups is 1. The highest BCUT2D eigenvalue weighted by atomic mass is 31.2. The molecule has 1 aromatic heterocycles. The van der Waals surface area contributed by atoms with E-state index < -0.39 is 20.5 Å². The van der Waals surface area contributed by atoms with Crippen LogP contribution in [0.25, 0.3) is 0 Å². The van der Waals surface area contributed by atoms with E-state index in [1.54, 1.807) is 0 Å². The third-order valence-corrected chi connectivity index (χ3v) is 1.62. The molecule has 4 N–H and O–H groups in total. The molecule has 0 radical (unpaired) electrons. The zero-order valence-electron chi connectivity index (χ0n) is 6.36. The van der Waals surface area contributed by atoms with Crippen molar-refractivity contribution in [3.63, 3.8) is 0 Å². The van der Waals surface area contributed by atoms with Crippen LogP contribution < -0.4 is 0 Å². The van der Waals surface area contributed by atoms with Crippen LogP contribution in [0.3, 0.4) is 0 Å². The van der Waals surface area contributed by atoms with E-state index in [0.717, 1.165) is 0 Å². The lowest BCUT2D eigenvalue weighted by Crippen LogP contribution is -2.07. The van der Waals surface area contributed by atoms with Crippen molar-refractivity contribution < 1.29 is 24.0 Å². The Labute approximate surface area is 72.8 Å². The average molecular weight is 209 g/mol. The summed E-state index contributed by atoms with van der Waals surface area (Å²) in [4.78, 5) is 20.2. The minimum Gasteiger partial charge on any atom is -0.383 e. The Balaban J connectivity index is 2.43. The molecule has 0 saturated carbocycles. The highest BCUT2D eigenvalue weighted by Crippen LogP contribution is 2.36. The van der Waals surface area contributed by atoms with E-state index >= 15 is 0 Å². The minimum atomic E-state index is -4.55. The maximum Gasteiger partial charge on any atom is 0.469 e. The second kappa shape index (κ2) is 3.95. The summed E-state index contributed by atoms with van der Waals surface area (Å²) in [6.07, 6.45) is -0.0189. The minimum absolute atomic E-state index is 0.0217. The summed E-state index contributed by atoms with van der Waals surface area (Å²) in [5, 5.41) is 15.0. The first-order chi connectivity index (χ1) is 5.99. The quantitative estimate of drug-likeness (QED) is 0.465. The van der Waals surface area contributed by atoms with Crippen LogP contribution in [0.4, 0.5) is 0 Å². The Morgan fingerprint density at radius 3 is 2.85 bits per heavy atom. The molecule has 0 aromatic carbocycles. The molecule has 0 fully saturated rings. The summed E-state index contributed by atoms with van der Waals surface area (Å²) in [5.74, 6) is 0.0217. The fraction of sp³-hybridized carbons (Fsp3) is 0.500. The monoisotopic (exact) mass is 209 g/mol. The van der Waals surface area contributed by atoms with E-state index in [1.807, 2.05) is 0 Å². The zero-order valence-corrected chi connectivity index (χ0v) is 7.26. The molecule has 8 nitrogen and oxygen atoms in total. The van der Waals surface area contributed by atoms with Crippen molar-refractivity contribution in [2.45, 2.75) is 6.10 Å². The molecule has 0 aliphatic carbocycles. The Hall–Kier alpha value is -0.790. The molecule has 74 valence electrons. The smallest absolute Gasteiger partial charge is 0.383 e. The van der Waals surface area contributed by atoms with Crippen molar-refractivity contribution in [2.75, 3.05) is 6.61 Å². The van der Waals surface area contributed by atoms with Gasteiger partial charge in [-0.1, -0.05) is 0 Å². The fourth-order valence-corrected chi connectivity index (χ4v) is 0.957. The van der Waals surface area contributed by atoms with Crippen molar-refractivity contribution in [1.82, 2.24) is 15.2 Å². The highest BCUT2D eigenvalue weighted by molar-refractivity contribution is 7.46. The van der Waals surface area contributed by atoms with Crippen LogP contribution in [0.5, 0.6) is 0 Å². The van der Waals surface area contributed by atoms with E-state index in [2.05, 4.69) is 19.7 Å². The molecule has 1 aromatic rings. The van der Waals surface area contributed by atoms with E-state index in [-0.39, 0.29) is 5.82 Å². The summed E-state index contributed by atoms with van der Waals surface area (Å²) in [6, 6.07) is 0. The lowest BCUT2D eigenvalue weighted by molar-refractivity contribution is 0.0796. The number of nitrogens with zero attached hydrogens (tertiary/aromatic N) is 2. The lowest BCUT2D eigenvalue weighted by atomic mass is 10.4. The molecule has 1 rings (SSSR count). The van der Waals surface area contributed by atoms with Crippen LogP contribution >= 0.6 is 7.82 Å². The standard InChI is InChI=1S/C4H8N3O5P/c8-3(1-12-13(9,10)11)4-5-2-6-7-4/h2-3,8H,1H2,(H,5,6,7)(H2,9,10,11). The summed E-state index contributed by atoms with van der Waals surface area (Å²) in [7, 11) is -4.55. The molecule has 0 spiro atoms. The largest absolute Gasteiger partial charge is 0.469 e. The Morgan fingerprint density at radius 2 is 2.38 bits per heavy atom. The number of H-pyrrole nitrogens is 1. The van der Waals surface area contributed by atoms with Gasteiger partial charge in [-0.3, -0.25) is 9.62 Å². The third-order valence-electron chi connectivity index (χ3n) is 1.13. The number of aliphatic hydroxyl groups excluding tert-OH is 1. The predicted octanol–water partition coefficient (Wildman–Crippen LogP) is -1.05. The van der Waals surface area contributed by atoms with Gasteiger partial charge in [0.05, 0.1) is 6.61 Å². The van der Waals surface area contributed by atoms with Crippen LogP contribution in [-0.4, -0.2) is 36.7 Å². The molecule has 1 heterocycles. The highest BCUT2D eigenvalue weighted by Gasteiger charge is 2.19. The normalized spacial score (nSPS) is 14.4. The SMILES string of the molecule is O=P(O)(O)OCC(O)c1nc[nH]n1. The van der Waals surface area contributed by atoms with E-state index in [0.29, 0.717) is 0 Å². The van der Waals surface area contributed by atoms with Crippen LogP contribution in [0, 0.1) is 0 Å². The van der Waals surface area contributed by atoms with Crippen LogP contribution in [0.15, 0.2) is 6.33 Å². The van der Waals surface area contributed by atoms with E-state index in [1.165, 1.54) is 6.33 Å². The first kappa shape index (κ1) is 10.3. The first-order valence-electron chi connectivity index (χ1n) is 3.23. The Kier molecular flexibility index (Phi) is 3.12. The van der Waals surface area contributed by atoms with Gasteiger partial charge in [-0.25, -0.2) is 9.55 Å². The first-order valence-corrected chi connectivity index (χ1v) is 4.76. The second-order valence-corrected chi connectivity index (χ2v) is 3.40. The van der Waals surface area contributed by atoms with E-state index in [4.69, 9.17) is 14.9 Å². The predicted molar refractivity (Wildman–Crippen MR) is 39.3 cm³/mol. The van der Waals surface area contributed by atoms with Crippen molar-refractivity contribution in [2.24, 2.45) is 0 Å². The van der Waals surface area contributed by atoms with Gasteiger partial charge in [0.15, 0.2) is 5.82 Å². The number of rotatable bonds is 4. The van der Waals surface area contributed by atoms with Crippen LogP contribution in [0.1, 0.15) is 11.9 Å². The topological polar surface area (TPSA) is 129 Å². The molecule has 9 heteroatoms. The number of hydrogen-bond donors (Lipinski definition) is 4. The second-order valence-electron chi connectivity index (χ2n) is 2.16. The van der Waals surface area contributed by atoms with Gasteiger partial charge in [0.2, 0.25) is 0 Å². The van der Waals surface area contributed by atoms with Crippen LogP contribution in [0.2, 0.25) is 0 Å². The summed E-state index contributed by atoms with van der Waals surface area (Å²) < 4.78 is 14.3. The molecule has 13 heavy (non-hydrogen) atoms. The van der Waals surface area contributed by atoms with Crippen molar-refractivity contribution in [1.29, 1.82) is 0 Å². The number of aromatic amines is 1. The van der Waals surface area contributed by atoms with Gasteiger partial charge in [-0.2, -0.15) is 5.10 Å². The average Bonchev–Trinajstić information content (AvgIpc) is 2.50. The van der Waals surface area contributed by atoms with Crippen LogP contribution in [-0.2, 0) is 9.09 Å². The van der Waals surface area contributed by atoms with Gasteiger partial charge in [0.25, 0.3) is 0 Å². The maximum atomic E-state index is 10.2. The van der Waals surface area contributed by atoms with Gasteiger partial charge < -0.3 is 14.9 Å². The number of phosphoric acid groups is 1. The molecule has 0 aliphatic heterocycles. The molecular weight excluding hydrogens is 201 g/mol. The Morgan fingerprint density at radius 1 is 1.69 bits per heavy atom. The molecule has 0 aliphatic rings. The number of hydrogen-bond acceptors (Lipinski definition) is 5. The maximum absolute atomic E-state index is 10.2.